The van der Waals surface area contributed by atoms with Gasteiger partial charge in [-0.25, -0.2) is 0 Å². The van der Waals surface area contributed by atoms with E-state index in [2.05, 4.69) is 5.09 Å². The molecule has 0 aromatic rings. The first kappa shape index (κ1) is 13.0. The lowest BCUT2D eigenvalue weighted by atomic mass is 9.99. The van der Waals surface area contributed by atoms with Gasteiger partial charge in [0, 0.05) is 23.4 Å². The fourth-order valence-electron chi connectivity index (χ4n) is 5.97. The second kappa shape index (κ2) is 4.68. The topological polar surface area (TPSA) is 38.0 Å². The third-order valence-corrected chi connectivity index (χ3v) is 10.5. The summed E-state index contributed by atoms with van der Waals surface area (Å²) in [6.07, 6.45) is 15.4. The number of rotatable bonds is 5. The normalized spacial score (nSPS) is 49.1. The molecule has 4 aliphatic rings. The van der Waals surface area contributed by atoms with Crippen LogP contribution in [0.1, 0.15) is 64.2 Å². The summed E-state index contributed by atoms with van der Waals surface area (Å²) in [5, 5.41) is 5.49. The Labute approximate surface area is 119 Å². The average Bonchev–Trinajstić information content (AvgIpc) is 3.19. The van der Waals surface area contributed by atoms with Crippen LogP contribution in [0.3, 0.4) is 0 Å². The lowest BCUT2D eigenvalue weighted by molar-refractivity contribution is 0.469. The summed E-state index contributed by atoms with van der Waals surface area (Å²) in [6, 6.07) is 0. The third kappa shape index (κ3) is 1.93. The van der Waals surface area contributed by atoms with Gasteiger partial charge in [-0.1, -0.05) is 0 Å². The molecule has 4 rings (SSSR count). The van der Waals surface area contributed by atoms with E-state index in [0.717, 1.165) is 35.2 Å². The summed E-state index contributed by atoms with van der Waals surface area (Å²) in [5.41, 5.74) is 5.81. The van der Waals surface area contributed by atoms with Crippen LogP contribution in [0.15, 0.2) is 0 Å². The quantitative estimate of drug-likeness (QED) is 0.755. The fourth-order valence-corrected chi connectivity index (χ4v) is 10.3. The van der Waals surface area contributed by atoms with Gasteiger partial charge in [0.05, 0.1) is 0 Å². The van der Waals surface area contributed by atoms with Crippen LogP contribution in [0.5, 0.6) is 0 Å². The zero-order chi connectivity index (χ0) is 12.9. The number of hydrogen-bond donors (Lipinski definition) is 2. The summed E-state index contributed by atoms with van der Waals surface area (Å²) < 4.78 is 0. The van der Waals surface area contributed by atoms with E-state index in [1.807, 2.05) is 0 Å². The van der Waals surface area contributed by atoms with E-state index in [1.54, 1.807) is 12.8 Å². The second-order valence-electron chi connectivity index (χ2n) is 7.78. The molecule has 4 fully saturated rings. The summed E-state index contributed by atoms with van der Waals surface area (Å²) in [5.74, 6) is 2.17. The Morgan fingerprint density at radius 1 is 0.895 bits per heavy atom. The molecule has 3 N–H and O–H groups in total. The Hall–Kier alpha value is 0.350. The predicted octanol–water partition coefficient (Wildman–Crippen LogP) is 3.60. The van der Waals surface area contributed by atoms with Gasteiger partial charge in [0.2, 0.25) is 0 Å². The molecule has 2 nitrogen and oxygen atoms in total. The highest BCUT2D eigenvalue weighted by Gasteiger charge is 2.59. The Balaban J connectivity index is 1.61. The van der Waals surface area contributed by atoms with Crippen molar-refractivity contribution in [2.75, 3.05) is 13.1 Å². The zero-order valence-corrected chi connectivity index (χ0v) is 13.1. The molecular weight excluding hydrogens is 251 g/mol. The van der Waals surface area contributed by atoms with Crippen LogP contribution in [-0.2, 0) is 0 Å². The maximum Gasteiger partial charge on any atom is 0.0114 e. The molecule has 0 spiro atoms. The van der Waals surface area contributed by atoms with E-state index in [-0.39, 0.29) is 8.07 Å². The minimum Gasteiger partial charge on any atom is -0.329 e. The number of hydrogen-bond acceptors (Lipinski definition) is 2. The summed E-state index contributed by atoms with van der Waals surface area (Å²) in [7, 11) is 0.0158. The van der Waals surface area contributed by atoms with Gasteiger partial charge in [0.15, 0.2) is 0 Å². The first-order valence-corrected chi connectivity index (χ1v) is 9.85. The van der Waals surface area contributed by atoms with Crippen molar-refractivity contribution in [3.8, 4) is 0 Å². The Kier molecular flexibility index (Phi) is 3.21. The summed E-state index contributed by atoms with van der Waals surface area (Å²) >= 11 is 0. The zero-order valence-electron chi connectivity index (χ0n) is 12.2. The molecule has 3 heteroatoms. The molecule has 0 aliphatic heterocycles. The van der Waals surface area contributed by atoms with Crippen molar-refractivity contribution >= 4 is 8.07 Å². The monoisotopic (exact) mass is 280 g/mol. The molecule has 4 aliphatic carbocycles. The van der Waals surface area contributed by atoms with Crippen molar-refractivity contribution in [1.29, 1.82) is 0 Å². The standard InChI is InChI=1S/C16H29N2P/c17-9-10-18-19(15-5-1-13(11-15)2-6-15)16-7-3-14(12-16)4-8-16/h13-14,18H,1-12,17H2. The highest BCUT2D eigenvalue weighted by Crippen LogP contribution is 2.75. The lowest BCUT2D eigenvalue weighted by Crippen LogP contribution is -2.40. The lowest BCUT2D eigenvalue weighted by Gasteiger charge is -2.47. The smallest absolute Gasteiger partial charge is 0.0114 e. The van der Waals surface area contributed by atoms with E-state index in [1.165, 1.54) is 51.4 Å². The van der Waals surface area contributed by atoms with E-state index in [0.29, 0.717) is 0 Å². The highest BCUT2D eigenvalue weighted by atomic mass is 31.1. The predicted molar refractivity (Wildman–Crippen MR) is 82.6 cm³/mol. The van der Waals surface area contributed by atoms with E-state index >= 15 is 0 Å². The van der Waals surface area contributed by atoms with Crippen LogP contribution >= 0.6 is 8.07 Å². The van der Waals surface area contributed by atoms with Gasteiger partial charge in [-0.05, 0) is 84.1 Å². The fraction of sp³-hybridized carbons (Fsp3) is 1.00. The van der Waals surface area contributed by atoms with Gasteiger partial charge >= 0.3 is 0 Å². The molecule has 19 heavy (non-hydrogen) atoms. The van der Waals surface area contributed by atoms with Gasteiger partial charge < -0.3 is 5.73 Å². The van der Waals surface area contributed by atoms with Gasteiger partial charge in [-0.3, -0.25) is 5.09 Å². The molecule has 0 amide bonds. The van der Waals surface area contributed by atoms with Crippen LogP contribution in [-0.4, -0.2) is 23.4 Å². The van der Waals surface area contributed by atoms with Crippen molar-refractivity contribution < 1.29 is 0 Å². The molecule has 0 aromatic carbocycles. The second-order valence-corrected chi connectivity index (χ2v) is 10.7. The highest BCUT2D eigenvalue weighted by molar-refractivity contribution is 7.59. The van der Waals surface area contributed by atoms with Gasteiger partial charge in [-0.2, -0.15) is 0 Å². The van der Waals surface area contributed by atoms with Gasteiger partial charge in [-0.15, -0.1) is 0 Å². The first-order chi connectivity index (χ1) is 9.26. The van der Waals surface area contributed by atoms with Gasteiger partial charge in [0.1, 0.15) is 0 Å². The maximum atomic E-state index is 5.81. The SMILES string of the molecule is NCCNP(C12CCC(CC1)C2)C12CCC(CC1)C2. The number of fused-ring (bicyclic) bond motifs is 4. The molecule has 0 heterocycles. The van der Waals surface area contributed by atoms with Crippen LogP contribution in [0, 0.1) is 11.8 Å². The van der Waals surface area contributed by atoms with Crippen LogP contribution in [0.2, 0.25) is 0 Å². The van der Waals surface area contributed by atoms with Crippen molar-refractivity contribution in [3.05, 3.63) is 0 Å². The molecule has 4 bridgehead atoms. The minimum atomic E-state index is 0.0158. The van der Waals surface area contributed by atoms with Crippen LogP contribution < -0.4 is 10.8 Å². The Morgan fingerprint density at radius 2 is 1.37 bits per heavy atom. The number of nitrogens with one attached hydrogen (secondary N) is 1. The van der Waals surface area contributed by atoms with Crippen LogP contribution in [0.25, 0.3) is 0 Å². The number of nitrogens with two attached hydrogens (primary N) is 1. The van der Waals surface area contributed by atoms with E-state index in [4.69, 9.17) is 5.73 Å². The van der Waals surface area contributed by atoms with Gasteiger partial charge in [0.25, 0.3) is 0 Å². The maximum absolute atomic E-state index is 5.81. The third-order valence-electron chi connectivity index (χ3n) is 6.77. The average molecular weight is 280 g/mol. The Morgan fingerprint density at radius 3 is 1.68 bits per heavy atom. The van der Waals surface area contributed by atoms with Crippen molar-refractivity contribution in [2.24, 2.45) is 17.6 Å². The largest absolute Gasteiger partial charge is 0.329 e. The van der Waals surface area contributed by atoms with E-state index < -0.39 is 0 Å². The molecule has 0 atom stereocenters. The van der Waals surface area contributed by atoms with E-state index in [9.17, 15) is 0 Å². The summed E-state index contributed by atoms with van der Waals surface area (Å²) in [4.78, 5) is 0. The Bertz CT molecular complexity index is 311. The van der Waals surface area contributed by atoms with Crippen molar-refractivity contribution in [2.45, 2.75) is 74.5 Å². The van der Waals surface area contributed by atoms with Crippen molar-refractivity contribution in [1.82, 2.24) is 5.09 Å². The molecule has 0 saturated heterocycles. The molecule has 0 aromatic heterocycles. The molecule has 4 saturated carbocycles. The van der Waals surface area contributed by atoms with Crippen molar-refractivity contribution in [3.63, 3.8) is 0 Å². The molecule has 0 unspecified atom stereocenters. The molecule has 0 radical (unpaired) electrons. The minimum absolute atomic E-state index is 0.0158. The summed E-state index contributed by atoms with van der Waals surface area (Å²) in [6.45, 7) is 1.88. The van der Waals surface area contributed by atoms with Crippen LogP contribution in [0.4, 0.5) is 0 Å². The molecular formula is C16H29N2P. The first-order valence-electron chi connectivity index (χ1n) is 8.50. The molecule has 108 valence electrons.